The molecule has 0 radical (unpaired) electrons. The molecule has 3 nitrogen and oxygen atoms in total. The molecule has 2 atom stereocenters. The van der Waals surface area contributed by atoms with E-state index in [9.17, 15) is 14.7 Å². The summed E-state index contributed by atoms with van der Waals surface area (Å²) >= 11 is 1.67. The number of ketones is 1. The molecule has 2 unspecified atom stereocenters. The van der Waals surface area contributed by atoms with Crippen molar-refractivity contribution in [2.45, 2.75) is 43.4 Å². The van der Waals surface area contributed by atoms with Gasteiger partial charge in [0, 0.05) is 29.1 Å². The minimum Gasteiger partial charge on any atom is -0.550 e. The summed E-state index contributed by atoms with van der Waals surface area (Å²) in [6.07, 6.45) is 5.38. The molecular weight excluding hydrogens is 367 g/mol. The molecule has 0 aromatic heterocycles. The van der Waals surface area contributed by atoms with Crippen LogP contribution in [0.5, 0.6) is 0 Å². The van der Waals surface area contributed by atoms with E-state index < -0.39 is 11.9 Å². The fraction of sp³-hybridized carbons (Fsp3) is 0.364. The Bertz CT molecular complexity index is 817. The first-order chi connectivity index (χ1) is 12.5. The standard InChI is InChI=1S/C22H24O3S.Na/c1-14(22(24)25)19-11-6-15(12-17-4-3-5-21(17)23)13-20(19)16-7-9-18(26-2)10-8-16;/h6-11,13-14,17H,3-5,12H2,1-2H3,(H,24,25);/q;+1/p-1. The Morgan fingerprint density at radius 2 is 1.93 bits per heavy atom. The Hall–Kier alpha value is -1.07. The molecule has 0 bridgehead atoms. The number of carboxylic acid groups (broad SMARTS) is 1. The molecule has 3 rings (SSSR count). The fourth-order valence-electron chi connectivity index (χ4n) is 3.64. The summed E-state index contributed by atoms with van der Waals surface area (Å²) in [5.41, 5.74) is 3.75. The second kappa shape index (κ2) is 9.92. The summed E-state index contributed by atoms with van der Waals surface area (Å²) in [7, 11) is 0. The van der Waals surface area contributed by atoms with Gasteiger partial charge in [0.05, 0.1) is 0 Å². The summed E-state index contributed by atoms with van der Waals surface area (Å²) in [6, 6.07) is 14.0. The van der Waals surface area contributed by atoms with Gasteiger partial charge in [-0.05, 0) is 59.9 Å². The van der Waals surface area contributed by atoms with Gasteiger partial charge in [-0.25, -0.2) is 0 Å². The van der Waals surface area contributed by atoms with Crippen LogP contribution in [0.25, 0.3) is 11.1 Å². The van der Waals surface area contributed by atoms with Crippen molar-refractivity contribution in [1.82, 2.24) is 0 Å². The first kappa shape index (κ1) is 22.2. The van der Waals surface area contributed by atoms with Crippen LogP contribution in [0.1, 0.15) is 43.2 Å². The third-order valence-corrected chi connectivity index (χ3v) is 6.00. The van der Waals surface area contributed by atoms with Crippen molar-refractivity contribution in [3.8, 4) is 11.1 Å². The molecule has 1 aliphatic rings. The van der Waals surface area contributed by atoms with Crippen LogP contribution in [0.3, 0.4) is 0 Å². The van der Waals surface area contributed by atoms with E-state index in [4.69, 9.17) is 0 Å². The second-order valence-corrected chi connectivity index (χ2v) is 7.83. The quantitative estimate of drug-likeness (QED) is 0.542. The maximum atomic E-state index is 12.0. The molecule has 0 heterocycles. The fourth-order valence-corrected chi connectivity index (χ4v) is 4.05. The van der Waals surface area contributed by atoms with Crippen LogP contribution >= 0.6 is 11.8 Å². The molecule has 136 valence electrons. The maximum Gasteiger partial charge on any atom is 1.00 e. The molecule has 1 aliphatic carbocycles. The topological polar surface area (TPSA) is 57.2 Å². The number of thioether (sulfide) groups is 1. The number of benzene rings is 2. The van der Waals surface area contributed by atoms with Crippen LogP contribution in [-0.4, -0.2) is 18.0 Å². The molecule has 2 aromatic rings. The molecule has 0 aliphatic heterocycles. The largest absolute Gasteiger partial charge is 1.00 e. The zero-order valence-electron chi connectivity index (χ0n) is 16.2. The van der Waals surface area contributed by atoms with Gasteiger partial charge in [-0.1, -0.05) is 37.3 Å². The summed E-state index contributed by atoms with van der Waals surface area (Å²) in [5, 5.41) is 11.4. The number of Topliss-reactive ketones (excluding diaryl/α,β-unsaturated/α-hetero) is 1. The van der Waals surface area contributed by atoms with Gasteiger partial charge in [-0.2, -0.15) is 0 Å². The van der Waals surface area contributed by atoms with Crippen molar-refractivity contribution in [3.63, 3.8) is 0 Å². The van der Waals surface area contributed by atoms with E-state index >= 15 is 0 Å². The van der Waals surface area contributed by atoms with Crippen LogP contribution < -0.4 is 34.7 Å². The van der Waals surface area contributed by atoms with Crippen molar-refractivity contribution < 1.29 is 44.3 Å². The number of carbonyl (C=O) groups is 2. The van der Waals surface area contributed by atoms with Gasteiger partial charge < -0.3 is 9.90 Å². The summed E-state index contributed by atoms with van der Waals surface area (Å²) in [4.78, 5) is 24.6. The number of carboxylic acids is 1. The molecule has 5 heteroatoms. The number of rotatable bonds is 6. The normalized spacial score (nSPS) is 17.4. The van der Waals surface area contributed by atoms with Gasteiger partial charge in [-0.3, -0.25) is 4.79 Å². The minimum absolute atomic E-state index is 0. The van der Waals surface area contributed by atoms with E-state index in [1.165, 1.54) is 0 Å². The Labute approximate surface area is 187 Å². The number of carbonyl (C=O) groups excluding carboxylic acids is 2. The second-order valence-electron chi connectivity index (χ2n) is 6.95. The average Bonchev–Trinajstić information content (AvgIpc) is 3.05. The van der Waals surface area contributed by atoms with Crippen molar-refractivity contribution in [1.29, 1.82) is 0 Å². The molecule has 2 aromatic carbocycles. The summed E-state index contributed by atoms with van der Waals surface area (Å²) in [5.74, 6) is -1.31. The van der Waals surface area contributed by atoms with Crippen LogP contribution in [0.4, 0.5) is 0 Å². The summed E-state index contributed by atoms with van der Waals surface area (Å²) in [6.45, 7) is 1.66. The van der Waals surface area contributed by atoms with Crippen LogP contribution in [0.15, 0.2) is 47.4 Å². The molecule has 0 amide bonds. The summed E-state index contributed by atoms with van der Waals surface area (Å²) < 4.78 is 0. The minimum atomic E-state index is -1.08. The Morgan fingerprint density at radius 3 is 2.48 bits per heavy atom. The van der Waals surface area contributed by atoms with Crippen LogP contribution in [0, 0.1) is 5.92 Å². The Morgan fingerprint density at radius 1 is 1.22 bits per heavy atom. The van der Waals surface area contributed by atoms with Crippen molar-refractivity contribution in [2.75, 3.05) is 6.26 Å². The van der Waals surface area contributed by atoms with Crippen molar-refractivity contribution in [3.05, 3.63) is 53.6 Å². The third kappa shape index (κ3) is 5.26. The number of aliphatic carboxylic acids is 1. The molecule has 0 N–H and O–H groups in total. The zero-order valence-corrected chi connectivity index (χ0v) is 19.0. The molecule has 1 saturated carbocycles. The average molecular weight is 390 g/mol. The van der Waals surface area contributed by atoms with Gasteiger partial charge >= 0.3 is 29.6 Å². The maximum absolute atomic E-state index is 12.0. The molecule has 0 saturated heterocycles. The smallest absolute Gasteiger partial charge is 0.550 e. The molecule has 0 spiro atoms. The molecule has 1 fully saturated rings. The SMILES string of the molecule is CSc1ccc(-c2cc(CC3CCCC3=O)ccc2C(C)C(=O)[O-])cc1.[Na+]. The van der Waals surface area contributed by atoms with E-state index in [2.05, 4.69) is 6.07 Å². The predicted molar refractivity (Wildman–Crippen MR) is 103 cm³/mol. The molecular formula is C22H23NaO3S. The van der Waals surface area contributed by atoms with E-state index in [1.807, 2.05) is 42.7 Å². The van der Waals surface area contributed by atoms with E-state index in [0.29, 0.717) is 12.2 Å². The predicted octanol–water partition coefficient (Wildman–Crippen LogP) is 0.845. The number of hydrogen-bond donors (Lipinski definition) is 0. The van der Waals surface area contributed by atoms with Gasteiger partial charge in [0.1, 0.15) is 5.78 Å². The molecule has 27 heavy (non-hydrogen) atoms. The third-order valence-electron chi connectivity index (χ3n) is 5.25. The van der Waals surface area contributed by atoms with Gasteiger partial charge in [0.25, 0.3) is 0 Å². The Kier molecular flexibility index (Phi) is 8.17. The van der Waals surface area contributed by atoms with Crippen molar-refractivity contribution >= 4 is 23.5 Å². The zero-order chi connectivity index (χ0) is 18.7. The van der Waals surface area contributed by atoms with E-state index in [0.717, 1.165) is 46.4 Å². The first-order valence-corrected chi connectivity index (χ1v) is 10.2. The number of hydrogen-bond acceptors (Lipinski definition) is 4. The van der Waals surface area contributed by atoms with E-state index in [1.54, 1.807) is 18.7 Å². The first-order valence-electron chi connectivity index (χ1n) is 9.00. The monoisotopic (exact) mass is 390 g/mol. The van der Waals surface area contributed by atoms with Crippen molar-refractivity contribution in [2.24, 2.45) is 5.92 Å². The van der Waals surface area contributed by atoms with Gasteiger partial charge in [0.2, 0.25) is 0 Å². The Balaban J connectivity index is 0.00000261. The van der Waals surface area contributed by atoms with E-state index in [-0.39, 0.29) is 35.5 Å². The van der Waals surface area contributed by atoms with Crippen LogP contribution in [0.2, 0.25) is 0 Å². The van der Waals surface area contributed by atoms with Crippen LogP contribution in [-0.2, 0) is 16.0 Å². The van der Waals surface area contributed by atoms with Gasteiger partial charge in [0.15, 0.2) is 0 Å². The van der Waals surface area contributed by atoms with Gasteiger partial charge in [-0.15, -0.1) is 11.8 Å².